The number of hydrogen-bond acceptors (Lipinski definition) is 6. The number of pyridine rings is 1. The van der Waals surface area contributed by atoms with Crippen LogP contribution in [0.1, 0.15) is 44.3 Å². The van der Waals surface area contributed by atoms with E-state index in [0.29, 0.717) is 11.7 Å². The first-order chi connectivity index (χ1) is 11.3. The fraction of sp³-hybridized carbons (Fsp3) is 0.438. The lowest BCUT2D eigenvalue weighted by molar-refractivity contribution is -0.124. The number of aromatic nitrogens is 3. The van der Waals surface area contributed by atoms with E-state index in [1.54, 1.807) is 6.20 Å². The molecule has 7 nitrogen and oxygen atoms in total. The predicted octanol–water partition coefficient (Wildman–Crippen LogP) is 2.27. The van der Waals surface area contributed by atoms with Gasteiger partial charge in [-0.15, -0.1) is 10.2 Å². The van der Waals surface area contributed by atoms with Gasteiger partial charge < -0.3 is 10.6 Å². The highest BCUT2D eigenvalue weighted by Crippen LogP contribution is 2.27. The lowest BCUT2D eigenvalue weighted by Crippen LogP contribution is -2.24. The van der Waals surface area contributed by atoms with Crippen molar-refractivity contribution in [3.05, 3.63) is 35.1 Å². The van der Waals surface area contributed by atoms with Crippen LogP contribution < -0.4 is 10.6 Å². The molecule has 0 bridgehead atoms. The molecule has 2 aromatic rings. The summed E-state index contributed by atoms with van der Waals surface area (Å²) in [6, 6.07) is 5.50. The van der Waals surface area contributed by atoms with Crippen LogP contribution in [0.3, 0.4) is 0 Å². The first kappa shape index (κ1) is 18.0. The highest BCUT2D eigenvalue weighted by Gasteiger charge is 2.20. The number of carbonyl (C=O) groups excluding carboxylic acids is 2. The molecule has 2 rings (SSSR count). The second-order valence-electron chi connectivity index (χ2n) is 6.31. The normalized spacial score (nSPS) is 11.1. The molecule has 0 unspecified atom stereocenters. The van der Waals surface area contributed by atoms with Gasteiger partial charge in [0.1, 0.15) is 5.01 Å². The van der Waals surface area contributed by atoms with Gasteiger partial charge in [-0.25, -0.2) is 0 Å². The van der Waals surface area contributed by atoms with Gasteiger partial charge in [-0.2, -0.15) is 0 Å². The maximum Gasteiger partial charge on any atom is 0.226 e. The van der Waals surface area contributed by atoms with Crippen molar-refractivity contribution < 1.29 is 9.59 Å². The molecule has 0 aromatic carbocycles. The summed E-state index contributed by atoms with van der Waals surface area (Å²) in [4.78, 5) is 27.8. The largest absolute Gasteiger partial charge is 0.350 e. The topological polar surface area (TPSA) is 96.9 Å². The monoisotopic (exact) mass is 347 g/mol. The minimum atomic E-state index is -0.250. The van der Waals surface area contributed by atoms with Crippen LogP contribution in [-0.2, 0) is 21.5 Å². The molecule has 0 aliphatic carbocycles. The van der Waals surface area contributed by atoms with Crippen molar-refractivity contribution in [3.63, 3.8) is 0 Å². The summed E-state index contributed by atoms with van der Waals surface area (Å²) < 4.78 is 0. The SMILES string of the molecule is CC(C)(C)c1nnc(NC(=O)CCC(=O)NCc2ccccn2)s1. The fourth-order valence-corrected chi connectivity index (χ4v) is 2.58. The third-order valence-corrected chi connectivity index (χ3v) is 4.35. The van der Waals surface area contributed by atoms with E-state index in [0.717, 1.165) is 10.7 Å². The van der Waals surface area contributed by atoms with Crippen molar-refractivity contribution in [1.29, 1.82) is 0 Å². The smallest absolute Gasteiger partial charge is 0.226 e. The van der Waals surface area contributed by atoms with E-state index >= 15 is 0 Å². The molecule has 24 heavy (non-hydrogen) atoms. The lowest BCUT2D eigenvalue weighted by Gasteiger charge is -2.12. The number of nitrogens with zero attached hydrogens (tertiary/aromatic N) is 3. The Labute approximate surface area is 144 Å². The molecule has 8 heteroatoms. The first-order valence-electron chi connectivity index (χ1n) is 7.65. The van der Waals surface area contributed by atoms with Crippen molar-refractivity contribution >= 4 is 28.3 Å². The van der Waals surface area contributed by atoms with Crippen LogP contribution in [0.15, 0.2) is 24.4 Å². The molecule has 2 N–H and O–H groups in total. The van der Waals surface area contributed by atoms with Gasteiger partial charge in [0.25, 0.3) is 0 Å². The number of carbonyl (C=O) groups is 2. The second-order valence-corrected chi connectivity index (χ2v) is 7.29. The number of nitrogens with one attached hydrogen (secondary N) is 2. The summed E-state index contributed by atoms with van der Waals surface area (Å²) in [6.45, 7) is 6.45. The van der Waals surface area contributed by atoms with Crippen LogP contribution in [0.4, 0.5) is 5.13 Å². The molecule has 2 aromatic heterocycles. The number of hydrogen-bond donors (Lipinski definition) is 2. The standard InChI is InChI=1S/C16H21N5O2S/c1-16(2,3)14-20-21-15(24-14)19-13(23)8-7-12(22)18-10-11-6-4-5-9-17-11/h4-6,9H,7-8,10H2,1-3H3,(H,18,22)(H,19,21,23). The average Bonchev–Trinajstić information content (AvgIpc) is 3.00. The van der Waals surface area contributed by atoms with Crippen molar-refractivity contribution in [2.24, 2.45) is 0 Å². The summed E-state index contributed by atoms with van der Waals surface area (Å²) in [7, 11) is 0. The molecule has 0 radical (unpaired) electrons. The van der Waals surface area contributed by atoms with Gasteiger partial charge in [0.15, 0.2) is 0 Å². The summed E-state index contributed by atoms with van der Waals surface area (Å²) in [6.07, 6.45) is 1.88. The Hall–Kier alpha value is -2.35. The van der Waals surface area contributed by atoms with Gasteiger partial charge in [-0.1, -0.05) is 38.2 Å². The molecular formula is C16H21N5O2S. The van der Waals surface area contributed by atoms with Gasteiger partial charge in [-0.05, 0) is 12.1 Å². The number of rotatable bonds is 6. The molecule has 0 fully saturated rings. The van der Waals surface area contributed by atoms with Gasteiger partial charge in [0.2, 0.25) is 16.9 Å². The van der Waals surface area contributed by atoms with Gasteiger partial charge in [-0.3, -0.25) is 14.6 Å². The minimum Gasteiger partial charge on any atom is -0.350 e. The third-order valence-electron chi connectivity index (χ3n) is 3.08. The summed E-state index contributed by atoms with van der Waals surface area (Å²) in [5.74, 6) is -0.442. The van der Waals surface area contributed by atoms with Crippen LogP contribution in [0.5, 0.6) is 0 Å². The maximum absolute atomic E-state index is 11.9. The quantitative estimate of drug-likeness (QED) is 0.835. The summed E-state index contributed by atoms with van der Waals surface area (Å²) in [5, 5.41) is 14.7. The van der Waals surface area contributed by atoms with E-state index in [9.17, 15) is 9.59 Å². The van der Waals surface area contributed by atoms with Crippen LogP contribution in [0.25, 0.3) is 0 Å². The number of anilines is 1. The molecule has 0 spiro atoms. The van der Waals surface area contributed by atoms with Gasteiger partial charge in [0.05, 0.1) is 12.2 Å². The Balaban J connectivity index is 1.72. The zero-order valence-corrected chi connectivity index (χ0v) is 14.8. The molecule has 0 saturated carbocycles. The molecule has 2 amide bonds. The lowest BCUT2D eigenvalue weighted by atomic mass is 9.98. The van der Waals surface area contributed by atoms with Crippen molar-refractivity contribution in [2.75, 3.05) is 5.32 Å². The Morgan fingerprint density at radius 1 is 1.12 bits per heavy atom. The molecular weight excluding hydrogens is 326 g/mol. The van der Waals surface area contributed by atoms with E-state index in [4.69, 9.17) is 0 Å². The number of amides is 2. The van der Waals surface area contributed by atoms with Crippen molar-refractivity contribution in [2.45, 2.75) is 45.6 Å². The summed E-state index contributed by atoms with van der Waals surface area (Å²) >= 11 is 1.35. The molecule has 128 valence electrons. The van der Waals surface area contributed by atoms with E-state index < -0.39 is 0 Å². The summed E-state index contributed by atoms with van der Waals surface area (Å²) in [5.41, 5.74) is 0.672. The second kappa shape index (κ2) is 7.96. The van der Waals surface area contributed by atoms with Crippen molar-refractivity contribution in [3.8, 4) is 0 Å². The zero-order chi connectivity index (χ0) is 17.6. The van der Waals surface area contributed by atoms with E-state index in [1.165, 1.54) is 11.3 Å². The minimum absolute atomic E-state index is 0.0957. The molecule has 0 saturated heterocycles. The molecule has 0 atom stereocenters. The Kier molecular flexibility index (Phi) is 5.97. The van der Waals surface area contributed by atoms with Crippen LogP contribution in [-0.4, -0.2) is 27.0 Å². The Morgan fingerprint density at radius 2 is 1.88 bits per heavy atom. The molecule has 0 aliphatic rings. The Morgan fingerprint density at radius 3 is 2.50 bits per heavy atom. The van der Waals surface area contributed by atoms with E-state index in [-0.39, 0.29) is 30.1 Å². The van der Waals surface area contributed by atoms with E-state index in [2.05, 4.69) is 25.8 Å². The maximum atomic E-state index is 11.9. The average molecular weight is 347 g/mol. The van der Waals surface area contributed by atoms with Crippen molar-refractivity contribution in [1.82, 2.24) is 20.5 Å². The molecule has 2 heterocycles. The van der Waals surface area contributed by atoms with E-state index in [1.807, 2.05) is 39.0 Å². The van der Waals surface area contributed by atoms with Gasteiger partial charge >= 0.3 is 0 Å². The molecule has 0 aliphatic heterocycles. The highest BCUT2D eigenvalue weighted by atomic mass is 32.1. The zero-order valence-electron chi connectivity index (χ0n) is 14.0. The van der Waals surface area contributed by atoms with Crippen LogP contribution in [0.2, 0.25) is 0 Å². The Bertz CT molecular complexity index is 694. The highest BCUT2D eigenvalue weighted by molar-refractivity contribution is 7.15. The first-order valence-corrected chi connectivity index (χ1v) is 8.46. The van der Waals surface area contributed by atoms with Crippen LogP contribution in [0, 0.1) is 0 Å². The fourth-order valence-electron chi connectivity index (χ4n) is 1.77. The predicted molar refractivity (Wildman–Crippen MR) is 92.6 cm³/mol. The third kappa shape index (κ3) is 5.69. The van der Waals surface area contributed by atoms with Gasteiger partial charge in [0, 0.05) is 24.5 Å². The van der Waals surface area contributed by atoms with Crippen LogP contribution >= 0.6 is 11.3 Å².